The summed E-state index contributed by atoms with van der Waals surface area (Å²) in [4.78, 5) is 61.4. The number of hydrogen-bond donors (Lipinski definition) is 3. The molecule has 1 heterocycles. The number of amides is 2. The highest BCUT2D eigenvalue weighted by molar-refractivity contribution is 6.04. The van der Waals surface area contributed by atoms with Gasteiger partial charge in [-0.15, -0.1) is 9.81 Å². The Bertz CT molecular complexity index is 1270. The minimum absolute atomic E-state index is 0.0573. The molecule has 0 fully saturated rings. The van der Waals surface area contributed by atoms with E-state index in [4.69, 9.17) is 0 Å². The average Bonchev–Trinajstić information content (AvgIpc) is 2.82. The van der Waals surface area contributed by atoms with Gasteiger partial charge in [-0.25, -0.2) is 0 Å². The number of H-pyrrole nitrogens is 1. The molecule has 0 bridgehead atoms. The highest BCUT2D eigenvalue weighted by atomic mass is 16.3. The lowest BCUT2D eigenvalue weighted by atomic mass is 10.1. The number of pyridine rings is 1. The van der Waals surface area contributed by atoms with E-state index in [0.29, 0.717) is 35.0 Å². The minimum Gasteiger partial charge on any atom is -0.352 e. The van der Waals surface area contributed by atoms with E-state index in [1.54, 1.807) is 24.3 Å². The van der Waals surface area contributed by atoms with Gasteiger partial charge < -0.3 is 15.6 Å². The molecule has 0 unspecified atom stereocenters. The quantitative estimate of drug-likeness (QED) is 0.391. The third-order valence-corrected chi connectivity index (χ3v) is 5.10. The van der Waals surface area contributed by atoms with Crippen LogP contribution in [0.25, 0.3) is 10.9 Å². The number of nitrogens with one attached hydrogen (secondary N) is 3. The zero-order chi connectivity index (χ0) is 23.8. The Hall–Kier alpha value is -4.21. The van der Waals surface area contributed by atoms with Gasteiger partial charge in [0.1, 0.15) is 16.9 Å². The number of rotatable bonds is 10. The first kappa shape index (κ1) is 23.5. The summed E-state index contributed by atoms with van der Waals surface area (Å²) >= 11 is 0. The van der Waals surface area contributed by atoms with Crippen LogP contribution in [0.4, 0.5) is 17.1 Å². The van der Waals surface area contributed by atoms with Gasteiger partial charge in [-0.3, -0.25) is 14.4 Å². The predicted molar refractivity (Wildman–Crippen MR) is 126 cm³/mol. The van der Waals surface area contributed by atoms with Gasteiger partial charge in [0.15, 0.2) is 0 Å². The van der Waals surface area contributed by atoms with Crippen molar-refractivity contribution in [2.45, 2.75) is 32.6 Å². The van der Waals surface area contributed by atoms with Crippen LogP contribution in [-0.4, -0.2) is 23.3 Å². The highest BCUT2D eigenvalue weighted by Gasteiger charge is 2.14. The predicted octanol–water partition coefficient (Wildman–Crippen LogP) is 4.43. The smallest absolute Gasteiger partial charge is 0.261 e. The van der Waals surface area contributed by atoms with Gasteiger partial charge in [-0.05, 0) is 59.1 Å². The number of carbonyl (C=O) groups is 2. The maximum Gasteiger partial charge on any atom is 0.261 e. The van der Waals surface area contributed by atoms with Crippen molar-refractivity contribution < 1.29 is 9.59 Å². The Balaban J connectivity index is 1.75. The summed E-state index contributed by atoms with van der Waals surface area (Å²) in [6.45, 7) is 2.17. The Kier molecular flexibility index (Phi) is 7.74. The van der Waals surface area contributed by atoms with Crippen LogP contribution in [0.2, 0.25) is 0 Å². The van der Waals surface area contributed by atoms with E-state index in [0.717, 1.165) is 12.8 Å². The maximum atomic E-state index is 12.7. The number of hydrogen-bond acceptors (Lipinski definition) is 7. The monoisotopic (exact) mass is 449 g/mol. The molecule has 170 valence electrons. The van der Waals surface area contributed by atoms with Crippen molar-refractivity contribution in [3.63, 3.8) is 0 Å². The Morgan fingerprint density at radius 2 is 1.82 bits per heavy atom. The van der Waals surface area contributed by atoms with Crippen molar-refractivity contribution in [2.24, 2.45) is 10.4 Å². The van der Waals surface area contributed by atoms with Crippen LogP contribution in [-0.2, 0) is 11.2 Å². The fourth-order valence-electron chi connectivity index (χ4n) is 3.35. The molecule has 0 aliphatic rings. The second kappa shape index (κ2) is 10.9. The second-order valence-corrected chi connectivity index (χ2v) is 7.44. The molecular formula is C23H23N5O5. The zero-order valence-electron chi connectivity index (χ0n) is 18.0. The van der Waals surface area contributed by atoms with Crippen LogP contribution in [0.1, 0.15) is 42.1 Å². The Morgan fingerprint density at radius 3 is 2.55 bits per heavy atom. The number of carbonyl (C=O) groups excluding carboxylic acids is 2. The molecule has 3 N–H and O–H groups in total. The number of unbranched alkanes of at least 4 members (excludes halogenated alkanes) is 1. The fraction of sp³-hybridized carbons (Fsp3) is 0.261. The van der Waals surface area contributed by atoms with Crippen LogP contribution in [0.3, 0.4) is 0 Å². The van der Waals surface area contributed by atoms with E-state index >= 15 is 0 Å². The number of aromatic amines is 1. The van der Waals surface area contributed by atoms with Gasteiger partial charge in [0.2, 0.25) is 5.91 Å². The molecule has 0 radical (unpaired) electrons. The normalized spacial score (nSPS) is 10.6. The van der Waals surface area contributed by atoms with Crippen LogP contribution in [0.5, 0.6) is 0 Å². The highest BCUT2D eigenvalue weighted by Crippen LogP contribution is 2.28. The van der Waals surface area contributed by atoms with Gasteiger partial charge >= 0.3 is 0 Å². The Morgan fingerprint density at radius 1 is 1.03 bits per heavy atom. The number of benzene rings is 2. The zero-order valence-corrected chi connectivity index (χ0v) is 18.0. The maximum absolute atomic E-state index is 12.7. The number of aromatic nitrogens is 1. The minimum atomic E-state index is -0.579. The van der Waals surface area contributed by atoms with E-state index < -0.39 is 11.5 Å². The van der Waals surface area contributed by atoms with Crippen LogP contribution < -0.4 is 16.2 Å². The SMILES string of the molecule is CCCCC(=O)Nc1cccc2[nH]c(=O)c(C(=O)NCCc3ccc(N=O)c(N=O)c3)cc12. The van der Waals surface area contributed by atoms with Crippen LogP contribution in [0, 0.1) is 9.81 Å². The van der Waals surface area contributed by atoms with Gasteiger partial charge in [0.05, 0.1) is 11.2 Å². The van der Waals surface area contributed by atoms with Crippen molar-refractivity contribution in [2.75, 3.05) is 11.9 Å². The van der Waals surface area contributed by atoms with Crippen LogP contribution >= 0.6 is 0 Å². The molecule has 0 aliphatic carbocycles. The van der Waals surface area contributed by atoms with Gasteiger partial charge in [-0.1, -0.05) is 25.5 Å². The van der Waals surface area contributed by atoms with E-state index in [2.05, 4.69) is 26.0 Å². The molecule has 10 heteroatoms. The topological polar surface area (TPSA) is 150 Å². The molecule has 10 nitrogen and oxygen atoms in total. The molecule has 0 saturated carbocycles. The van der Waals surface area contributed by atoms with E-state index in [1.165, 1.54) is 18.2 Å². The van der Waals surface area contributed by atoms with Crippen molar-refractivity contribution in [3.8, 4) is 0 Å². The molecule has 0 saturated heterocycles. The summed E-state index contributed by atoms with van der Waals surface area (Å²) in [6, 6.07) is 11.0. The largest absolute Gasteiger partial charge is 0.352 e. The van der Waals surface area contributed by atoms with Gasteiger partial charge in [-0.2, -0.15) is 0 Å². The van der Waals surface area contributed by atoms with E-state index in [9.17, 15) is 24.2 Å². The molecular weight excluding hydrogens is 426 g/mol. The lowest BCUT2D eigenvalue weighted by Gasteiger charge is -2.10. The van der Waals surface area contributed by atoms with Crippen molar-refractivity contribution in [3.05, 3.63) is 73.8 Å². The second-order valence-electron chi connectivity index (χ2n) is 7.44. The third kappa shape index (κ3) is 5.73. The molecule has 33 heavy (non-hydrogen) atoms. The van der Waals surface area contributed by atoms with Crippen LogP contribution in [0.15, 0.2) is 57.6 Å². The lowest BCUT2D eigenvalue weighted by Crippen LogP contribution is -2.31. The van der Waals surface area contributed by atoms with E-state index in [-0.39, 0.29) is 29.4 Å². The summed E-state index contributed by atoms with van der Waals surface area (Å²) in [6.07, 6.45) is 2.39. The molecule has 2 aromatic carbocycles. The number of fused-ring (bicyclic) bond motifs is 1. The van der Waals surface area contributed by atoms with Gasteiger partial charge in [0.25, 0.3) is 11.5 Å². The summed E-state index contributed by atoms with van der Waals surface area (Å²) in [5.74, 6) is -0.716. The van der Waals surface area contributed by atoms with Gasteiger partial charge in [0, 0.05) is 18.4 Å². The molecule has 0 atom stereocenters. The summed E-state index contributed by atoms with van der Waals surface area (Å²) < 4.78 is 0. The summed E-state index contributed by atoms with van der Waals surface area (Å²) in [7, 11) is 0. The molecule has 1 aromatic heterocycles. The lowest BCUT2D eigenvalue weighted by molar-refractivity contribution is -0.116. The standard InChI is InChI=1S/C23H23N5O5/c1-2-3-7-21(29)25-17-5-4-6-18-15(17)13-16(23(31)26-18)22(30)24-11-10-14-8-9-19(27-32)20(12-14)28-33/h4-6,8-9,12-13H,2-3,7,10-11H2,1H3,(H,24,30)(H,25,29)(H,26,31). The summed E-state index contributed by atoms with van der Waals surface area (Å²) in [5.41, 5.74) is 0.907. The molecule has 0 aliphatic heterocycles. The number of nitrogens with zero attached hydrogens (tertiary/aromatic N) is 2. The first-order chi connectivity index (χ1) is 16.0. The van der Waals surface area contributed by atoms with Crippen molar-refractivity contribution >= 4 is 39.8 Å². The molecule has 0 spiro atoms. The summed E-state index contributed by atoms with van der Waals surface area (Å²) in [5, 5.41) is 11.5. The first-order valence-electron chi connectivity index (χ1n) is 10.5. The Labute approximate surface area is 188 Å². The van der Waals surface area contributed by atoms with Crippen molar-refractivity contribution in [1.29, 1.82) is 0 Å². The van der Waals surface area contributed by atoms with Crippen molar-refractivity contribution in [1.82, 2.24) is 10.3 Å². The fourth-order valence-corrected chi connectivity index (χ4v) is 3.35. The molecule has 2 amide bonds. The average molecular weight is 449 g/mol. The first-order valence-corrected chi connectivity index (χ1v) is 10.5. The van der Waals surface area contributed by atoms with E-state index in [1.807, 2.05) is 6.92 Å². The number of anilines is 1. The third-order valence-electron chi connectivity index (χ3n) is 5.10. The molecule has 3 aromatic rings. The number of nitroso groups, excluding NO2 is 2. The molecule has 3 rings (SSSR count).